The van der Waals surface area contributed by atoms with Gasteiger partial charge in [0, 0.05) is 18.7 Å². The second kappa shape index (κ2) is 3.77. The minimum Gasteiger partial charge on any atom is -0.316 e. The largest absolute Gasteiger partial charge is 0.433 e. The zero-order valence-corrected chi connectivity index (χ0v) is 7.88. The molecule has 1 fully saturated rings. The van der Waals surface area contributed by atoms with Crippen molar-refractivity contribution < 1.29 is 13.2 Å². The van der Waals surface area contributed by atoms with Crippen molar-refractivity contribution in [3.63, 3.8) is 0 Å². The Morgan fingerprint density at radius 2 is 2.20 bits per heavy atom. The van der Waals surface area contributed by atoms with E-state index in [1.165, 1.54) is 6.20 Å². The first kappa shape index (κ1) is 10.4. The zero-order valence-electron chi connectivity index (χ0n) is 7.88. The number of nitrogens with one attached hydrogen (secondary N) is 1. The van der Waals surface area contributed by atoms with Crippen molar-refractivity contribution in [2.75, 3.05) is 13.1 Å². The van der Waals surface area contributed by atoms with Crippen molar-refractivity contribution in [2.45, 2.75) is 18.5 Å². The van der Waals surface area contributed by atoms with Crippen LogP contribution in [0.4, 0.5) is 13.2 Å². The van der Waals surface area contributed by atoms with Gasteiger partial charge in [0.2, 0.25) is 0 Å². The van der Waals surface area contributed by atoms with Crippen LogP contribution in [0, 0.1) is 0 Å². The molecule has 0 spiro atoms. The molecular formula is C9H10F3N3. The lowest BCUT2D eigenvalue weighted by atomic mass is 10.1. The van der Waals surface area contributed by atoms with Gasteiger partial charge in [-0.3, -0.25) is 0 Å². The Kier molecular flexibility index (Phi) is 2.60. The molecule has 2 heterocycles. The fraction of sp³-hybridized carbons (Fsp3) is 0.556. The molecule has 0 aliphatic carbocycles. The lowest BCUT2D eigenvalue weighted by molar-refractivity contribution is -0.141. The number of hydrogen-bond acceptors (Lipinski definition) is 3. The Bertz CT molecular complexity index is 345. The van der Waals surface area contributed by atoms with Gasteiger partial charge in [-0.2, -0.15) is 13.2 Å². The van der Waals surface area contributed by atoms with E-state index < -0.39 is 11.9 Å². The van der Waals surface area contributed by atoms with E-state index in [1.54, 1.807) is 0 Å². The molecule has 0 aromatic carbocycles. The van der Waals surface area contributed by atoms with Crippen molar-refractivity contribution in [1.82, 2.24) is 15.3 Å². The van der Waals surface area contributed by atoms with Gasteiger partial charge in [-0.1, -0.05) is 0 Å². The zero-order chi connectivity index (χ0) is 10.9. The van der Waals surface area contributed by atoms with Crippen molar-refractivity contribution in [1.29, 1.82) is 0 Å². The average molecular weight is 217 g/mol. The van der Waals surface area contributed by atoms with Crippen molar-refractivity contribution in [3.05, 3.63) is 23.8 Å². The van der Waals surface area contributed by atoms with Crippen LogP contribution in [0.1, 0.15) is 23.9 Å². The molecule has 0 saturated carbocycles. The highest BCUT2D eigenvalue weighted by Gasteiger charge is 2.33. The summed E-state index contributed by atoms with van der Waals surface area (Å²) in [5, 5.41) is 3.07. The number of nitrogens with zero attached hydrogens (tertiary/aromatic N) is 2. The predicted molar refractivity (Wildman–Crippen MR) is 47.3 cm³/mol. The molecule has 15 heavy (non-hydrogen) atoms. The second-order valence-corrected chi connectivity index (χ2v) is 3.49. The third-order valence-corrected chi connectivity index (χ3v) is 2.39. The molecule has 1 aliphatic heterocycles. The highest BCUT2D eigenvalue weighted by molar-refractivity contribution is 5.10. The first-order valence-corrected chi connectivity index (χ1v) is 4.68. The van der Waals surface area contributed by atoms with E-state index in [1.807, 2.05) is 0 Å². The summed E-state index contributed by atoms with van der Waals surface area (Å²) in [6.45, 7) is 1.46. The van der Waals surface area contributed by atoms with Crippen LogP contribution in [0.5, 0.6) is 0 Å². The van der Waals surface area contributed by atoms with Gasteiger partial charge in [0.25, 0.3) is 0 Å². The predicted octanol–water partition coefficient (Wildman–Crippen LogP) is 1.57. The fourth-order valence-electron chi connectivity index (χ4n) is 1.60. The van der Waals surface area contributed by atoms with Crippen LogP contribution in [-0.2, 0) is 6.18 Å². The third kappa shape index (κ3) is 2.26. The average Bonchev–Trinajstić information content (AvgIpc) is 2.69. The number of hydrogen-bond donors (Lipinski definition) is 1. The summed E-state index contributed by atoms with van der Waals surface area (Å²) >= 11 is 0. The van der Waals surface area contributed by atoms with Gasteiger partial charge in [0.1, 0.15) is 11.5 Å². The second-order valence-electron chi connectivity index (χ2n) is 3.49. The lowest BCUT2D eigenvalue weighted by Crippen LogP contribution is -2.14. The van der Waals surface area contributed by atoms with E-state index in [2.05, 4.69) is 15.3 Å². The summed E-state index contributed by atoms with van der Waals surface area (Å²) in [6, 6.07) is 0.895. The first-order chi connectivity index (χ1) is 7.07. The third-order valence-electron chi connectivity index (χ3n) is 2.39. The van der Waals surface area contributed by atoms with E-state index in [9.17, 15) is 13.2 Å². The Morgan fingerprint density at radius 1 is 1.40 bits per heavy atom. The summed E-state index contributed by atoms with van der Waals surface area (Å²) in [5.74, 6) is 0.294. The van der Waals surface area contributed by atoms with Crippen LogP contribution in [0.2, 0.25) is 0 Å². The summed E-state index contributed by atoms with van der Waals surface area (Å²) in [4.78, 5) is 7.43. The topological polar surface area (TPSA) is 37.8 Å². The van der Waals surface area contributed by atoms with Crippen LogP contribution in [-0.4, -0.2) is 23.1 Å². The van der Waals surface area contributed by atoms with E-state index >= 15 is 0 Å². The summed E-state index contributed by atoms with van der Waals surface area (Å²) in [7, 11) is 0. The lowest BCUT2D eigenvalue weighted by Gasteiger charge is -2.10. The van der Waals surface area contributed by atoms with Crippen LogP contribution in [0.15, 0.2) is 12.3 Å². The molecule has 1 atom stereocenters. The maximum Gasteiger partial charge on any atom is 0.433 e. The van der Waals surface area contributed by atoms with E-state index in [4.69, 9.17) is 0 Å². The molecule has 1 N–H and O–H groups in total. The van der Waals surface area contributed by atoms with Crippen LogP contribution in [0.3, 0.4) is 0 Å². The van der Waals surface area contributed by atoms with Crippen LogP contribution < -0.4 is 5.32 Å². The van der Waals surface area contributed by atoms with Gasteiger partial charge < -0.3 is 5.32 Å². The molecule has 1 aliphatic rings. The van der Waals surface area contributed by atoms with Gasteiger partial charge in [-0.25, -0.2) is 9.97 Å². The van der Waals surface area contributed by atoms with Crippen molar-refractivity contribution >= 4 is 0 Å². The van der Waals surface area contributed by atoms with E-state index in [0.717, 1.165) is 19.0 Å². The molecule has 1 saturated heterocycles. The summed E-state index contributed by atoms with van der Waals surface area (Å²) in [6.07, 6.45) is -2.42. The van der Waals surface area contributed by atoms with Gasteiger partial charge in [0.15, 0.2) is 0 Å². The molecule has 6 heteroatoms. The summed E-state index contributed by atoms with van der Waals surface area (Å²) < 4.78 is 37.0. The molecule has 0 amide bonds. The molecule has 1 aromatic rings. The number of aromatic nitrogens is 2. The van der Waals surface area contributed by atoms with Crippen LogP contribution in [0.25, 0.3) is 0 Å². The minimum atomic E-state index is -4.39. The van der Waals surface area contributed by atoms with E-state index in [-0.39, 0.29) is 11.7 Å². The number of rotatable bonds is 1. The molecule has 1 unspecified atom stereocenters. The molecule has 1 aromatic heterocycles. The molecule has 82 valence electrons. The highest BCUT2D eigenvalue weighted by atomic mass is 19.4. The Balaban J connectivity index is 2.26. The Morgan fingerprint density at radius 3 is 2.80 bits per heavy atom. The summed E-state index contributed by atoms with van der Waals surface area (Å²) in [5.41, 5.74) is -0.862. The minimum absolute atomic E-state index is 0.00676. The Hall–Kier alpha value is -1.17. The molecular weight excluding hydrogens is 207 g/mol. The van der Waals surface area contributed by atoms with Crippen LogP contribution >= 0.6 is 0 Å². The SMILES string of the molecule is FC(F)(F)c1ccnc(C2CCNC2)n1. The monoisotopic (exact) mass is 217 g/mol. The fourth-order valence-corrected chi connectivity index (χ4v) is 1.60. The maximum atomic E-state index is 12.3. The van der Waals surface area contributed by atoms with E-state index in [0.29, 0.717) is 6.54 Å². The standard InChI is InChI=1S/C9H10F3N3/c10-9(11,12)7-2-4-14-8(15-7)6-1-3-13-5-6/h2,4,6,13H,1,3,5H2. The maximum absolute atomic E-state index is 12.3. The highest BCUT2D eigenvalue weighted by Crippen LogP contribution is 2.28. The molecule has 2 rings (SSSR count). The molecule has 0 radical (unpaired) electrons. The van der Waals surface area contributed by atoms with Crippen molar-refractivity contribution in [3.8, 4) is 0 Å². The van der Waals surface area contributed by atoms with Gasteiger partial charge in [-0.15, -0.1) is 0 Å². The normalized spacial score (nSPS) is 21.9. The van der Waals surface area contributed by atoms with Crippen molar-refractivity contribution in [2.24, 2.45) is 0 Å². The first-order valence-electron chi connectivity index (χ1n) is 4.68. The quantitative estimate of drug-likeness (QED) is 0.775. The number of halogens is 3. The van der Waals surface area contributed by atoms with Gasteiger partial charge >= 0.3 is 6.18 Å². The molecule has 0 bridgehead atoms. The smallest absolute Gasteiger partial charge is 0.316 e. The number of alkyl halides is 3. The Labute approximate surface area is 84.7 Å². The molecule has 3 nitrogen and oxygen atoms in total. The van der Waals surface area contributed by atoms with Gasteiger partial charge in [-0.05, 0) is 19.0 Å². The van der Waals surface area contributed by atoms with Gasteiger partial charge in [0.05, 0.1) is 0 Å².